The molecule has 0 bridgehead atoms. The van der Waals surface area contributed by atoms with E-state index >= 15 is 0 Å². The minimum Gasteiger partial charge on any atom is -0.211 e. The smallest absolute Gasteiger partial charge is 0.211 e. The van der Waals surface area contributed by atoms with Crippen molar-refractivity contribution < 1.29 is 9.59 Å². The third kappa shape index (κ3) is 1.81. The Morgan fingerprint density at radius 2 is 1.69 bits per heavy atom. The fourth-order valence-corrected chi connectivity index (χ4v) is 1.94. The summed E-state index contributed by atoms with van der Waals surface area (Å²) in [5, 5.41) is 0. The van der Waals surface area contributed by atoms with Crippen LogP contribution < -0.4 is 0 Å². The summed E-state index contributed by atoms with van der Waals surface area (Å²) in [7, 11) is 0. The van der Waals surface area contributed by atoms with Crippen molar-refractivity contribution >= 4 is 12.2 Å². The van der Waals surface area contributed by atoms with Gasteiger partial charge < -0.3 is 0 Å². The Hall–Kier alpha value is -1.76. The van der Waals surface area contributed by atoms with Gasteiger partial charge in [-0.2, -0.15) is 9.98 Å². The number of rotatable bonds is 2. The summed E-state index contributed by atoms with van der Waals surface area (Å²) in [6, 6.07) is 0. The number of hydrogen-bond acceptors (Lipinski definition) is 4. The quantitative estimate of drug-likeness (QED) is 0.527. The Labute approximate surface area is 94.5 Å². The minimum atomic E-state index is -1.16. The lowest BCUT2D eigenvalue weighted by Crippen LogP contribution is -2.34. The first kappa shape index (κ1) is 12.3. The molecule has 1 aliphatic carbocycles. The lowest BCUT2D eigenvalue weighted by atomic mass is 9.79. The molecular weight excluding hydrogens is 204 g/mol. The first-order valence-corrected chi connectivity index (χ1v) is 5.03. The molecule has 0 spiro atoms. The van der Waals surface area contributed by atoms with E-state index in [0.29, 0.717) is 0 Å². The Morgan fingerprint density at radius 3 is 2.12 bits per heavy atom. The molecule has 0 aromatic rings. The molecule has 0 amide bonds. The number of carbonyl (C=O) groups excluding carboxylic acids is 2. The van der Waals surface area contributed by atoms with E-state index in [-0.39, 0.29) is 5.92 Å². The van der Waals surface area contributed by atoms with Gasteiger partial charge in [-0.15, -0.1) is 0 Å². The zero-order chi connectivity index (χ0) is 12.3. The second kappa shape index (κ2) is 4.40. The molecule has 4 nitrogen and oxygen atoms in total. The third-order valence-corrected chi connectivity index (χ3v) is 3.35. The molecule has 16 heavy (non-hydrogen) atoms. The van der Waals surface area contributed by atoms with Gasteiger partial charge in [-0.25, -0.2) is 9.59 Å². The normalized spacial score (nSPS) is 29.0. The molecule has 0 aromatic heterocycles. The lowest BCUT2D eigenvalue weighted by molar-refractivity contribution is 0.405. The maximum atomic E-state index is 10.5. The largest absolute Gasteiger partial charge is 0.237 e. The van der Waals surface area contributed by atoms with Crippen LogP contribution in [0.1, 0.15) is 27.7 Å². The van der Waals surface area contributed by atoms with Gasteiger partial charge >= 0.3 is 0 Å². The molecule has 0 fully saturated rings. The highest BCUT2D eigenvalue weighted by atomic mass is 16.1. The van der Waals surface area contributed by atoms with E-state index in [1.165, 1.54) is 12.2 Å². The van der Waals surface area contributed by atoms with Crippen molar-refractivity contribution in [3.8, 4) is 0 Å². The number of nitrogens with zero attached hydrogens (tertiary/aromatic N) is 2. The van der Waals surface area contributed by atoms with E-state index < -0.39 is 5.66 Å². The van der Waals surface area contributed by atoms with Crippen molar-refractivity contribution in [1.29, 1.82) is 0 Å². The Balaban J connectivity index is 3.46. The van der Waals surface area contributed by atoms with Gasteiger partial charge in [0.15, 0.2) is 5.66 Å². The molecule has 0 N–H and O–H groups in total. The molecule has 4 heteroatoms. The first-order chi connectivity index (χ1) is 7.48. The lowest BCUT2D eigenvalue weighted by Gasteiger charge is -2.32. The van der Waals surface area contributed by atoms with Gasteiger partial charge in [-0.1, -0.05) is 12.5 Å². The average Bonchev–Trinajstić information content (AvgIpc) is 2.24. The monoisotopic (exact) mass is 218 g/mol. The predicted octanol–water partition coefficient (Wildman–Crippen LogP) is 2.29. The summed E-state index contributed by atoms with van der Waals surface area (Å²) >= 11 is 0. The van der Waals surface area contributed by atoms with Crippen LogP contribution in [0.3, 0.4) is 0 Å². The van der Waals surface area contributed by atoms with Crippen molar-refractivity contribution in [2.75, 3.05) is 0 Å². The van der Waals surface area contributed by atoms with E-state index in [9.17, 15) is 9.59 Å². The van der Waals surface area contributed by atoms with E-state index in [2.05, 4.69) is 9.98 Å². The van der Waals surface area contributed by atoms with Crippen LogP contribution in [0.5, 0.6) is 0 Å². The van der Waals surface area contributed by atoms with E-state index in [4.69, 9.17) is 0 Å². The standard InChI is InChI=1S/C12H14N2O2/c1-8-5-12(13-6-15,14-7-16)11(4)10(3)9(8)2/h5,11H,1-4H3. The molecule has 1 unspecified atom stereocenters. The van der Waals surface area contributed by atoms with Crippen LogP contribution in [0, 0.1) is 5.92 Å². The highest BCUT2D eigenvalue weighted by Gasteiger charge is 2.38. The molecule has 1 atom stereocenters. The zero-order valence-corrected chi connectivity index (χ0v) is 9.87. The SMILES string of the molecule is CC1=CC(N=C=O)(N=C=O)C(C)C(C)=C1C. The van der Waals surface area contributed by atoms with Gasteiger partial charge in [0.05, 0.1) is 0 Å². The third-order valence-electron chi connectivity index (χ3n) is 3.35. The summed E-state index contributed by atoms with van der Waals surface area (Å²) in [5.74, 6) is -0.140. The van der Waals surface area contributed by atoms with E-state index in [0.717, 1.165) is 16.7 Å². The molecule has 1 aliphatic rings. The molecule has 0 saturated carbocycles. The summed E-state index contributed by atoms with van der Waals surface area (Å²) < 4.78 is 0. The zero-order valence-electron chi connectivity index (χ0n) is 9.87. The molecule has 0 aromatic carbocycles. The van der Waals surface area contributed by atoms with Gasteiger partial charge in [0, 0.05) is 5.92 Å². The molecule has 0 saturated heterocycles. The molecule has 84 valence electrons. The molecule has 0 aliphatic heterocycles. The Kier molecular flexibility index (Phi) is 3.38. The van der Waals surface area contributed by atoms with E-state index in [1.807, 2.05) is 27.7 Å². The van der Waals surface area contributed by atoms with Crippen LogP contribution in [0.2, 0.25) is 0 Å². The van der Waals surface area contributed by atoms with Crippen molar-refractivity contribution in [2.45, 2.75) is 33.4 Å². The van der Waals surface area contributed by atoms with Gasteiger partial charge in [0.1, 0.15) is 0 Å². The second-order valence-electron chi connectivity index (χ2n) is 4.05. The van der Waals surface area contributed by atoms with Gasteiger partial charge in [-0.3, -0.25) is 0 Å². The van der Waals surface area contributed by atoms with Gasteiger partial charge in [0.2, 0.25) is 12.2 Å². The topological polar surface area (TPSA) is 58.9 Å². The Morgan fingerprint density at radius 1 is 1.19 bits per heavy atom. The highest BCUT2D eigenvalue weighted by molar-refractivity contribution is 5.48. The molecule has 0 radical (unpaired) electrons. The maximum absolute atomic E-state index is 10.5. The molecule has 0 heterocycles. The number of aliphatic imine (C=N–C) groups is 2. The van der Waals surface area contributed by atoms with Crippen LogP contribution >= 0.6 is 0 Å². The fourth-order valence-electron chi connectivity index (χ4n) is 1.94. The average molecular weight is 218 g/mol. The molecule has 1 rings (SSSR count). The number of isocyanates is 2. The van der Waals surface area contributed by atoms with Crippen molar-refractivity contribution in [1.82, 2.24) is 0 Å². The van der Waals surface area contributed by atoms with Crippen LogP contribution in [-0.4, -0.2) is 17.8 Å². The Bertz CT molecular complexity index is 443. The van der Waals surface area contributed by atoms with Gasteiger partial charge in [-0.05, 0) is 38.0 Å². The predicted molar refractivity (Wildman–Crippen MR) is 60.3 cm³/mol. The summed E-state index contributed by atoms with van der Waals surface area (Å²) in [6.07, 6.45) is 4.69. The summed E-state index contributed by atoms with van der Waals surface area (Å²) in [5.41, 5.74) is 2.02. The summed E-state index contributed by atoms with van der Waals surface area (Å²) in [6.45, 7) is 7.73. The number of allylic oxidation sites excluding steroid dienone is 2. The molecular formula is C12H14N2O2. The first-order valence-electron chi connectivity index (χ1n) is 5.03. The second-order valence-corrected chi connectivity index (χ2v) is 4.05. The van der Waals surface area contributed by atoms with Crippen LogP contribution in [0.15, 0.2) is 32.8 Å². The van der Waals surface area contributed by atoms with E-state index in [1.54, 1.807) is 6.08 Å². The van der Waals surface area contributed by atoms with Crippen molar-refractivity contribution in [2.24, 2.45) is 15.9 Å². The van der Waals surface area contributed by atoms with Crippen LogP contribution in [0.25, 0.3) is 0 Å². The summed E-state index contributed by atoms with van der Waals surface area (Å²) in [4.78, 5) is 28.3. The van der Waals surface area contributed by atoms with Crippen molar-refractivity contribution in [3.05, 3.63) is 22.8 Å². The number of hydrogen-bond donors (Lipinski definition) is 0. The highest BCUT2D eigenvalue weighted by Crippen LogP contribution is 2.39. The fraction of sp³-hybridized carbons (Fsp3) is 0.500. The van der Waals surface area contributed by atoms with Crippen LogP contribution in [-0.2, 0) is 9.59 Å². The van der Waals surface area contributed by atoms with Gasteiger partial charge in [0.25, 0.3) is 0 Å². The van der Waals surface area contributed by atoms with Crippen LogP contribution in [0.4, 0.5) is 0 Å². The minimum absolute atomic E-state index is 0.140. The van der Waals surface area contributed by atoms with Crippen molar-refractivity contribution in [3.63, 3.8) is 0 Å². The maximum Gasteiger partial charge on any atom is 0.237 e.